The molecule has 0 saturated heterocycles. The fourth-order valence-corrected chi connectivity index (χ4v) is 3.44. The van der Waals surface area contributed by atoms with Gasteiger partial charge in [0.1, 0.15) is 0 Å². The van der Waals surface area contributed by atoms with Crippen LogP contribution in [-0.4, -0.2) is 24.5 Å². The Bertz CT molecular complexity index is 1200. The van der Waals surface area contributed by atoms with Gasteiger partial charge in [0.2, 0.25) is 0 Å². The fourth-order valence-electron chi connectivity index (χ4n) is 3.44. The summed E-state index contributed by atoms with van der Waals surface area (Å²) in [7, 11) is 0. The van der Waals surface area contributed by atoms with Crippen LogP contribution in [0.3, 0.4) is 0 Å². The third-order valence-corrected chi connectivity index (χ3v) is 4.64. The molecule has 0 aliphatic carbocycles. The molecule has 0 spiro atoms. The number of pyridine rings is 1. The molecule has 0 unspecified atom stereocenters. The molecule has 5 rings (SSSR count). The van der Waals surface area contributed by atoms with Crippen LogP contribution in [-0.2, 0) is 6.54 Å². The number of aryl methyl sites for hydroxylation is 1. The van der Waals surface area contributed by atoms with E-state index in [4.69, 9.17) is 5.10 Å². The van der Waals surface area contributed by atoms with Crippen molar-refractivity contribution in [2.24, 2.45) is 0 Å². The molecule has 3 heterocycles. The minimum absolute atomic E-state index is 0.722. The number of benzene rings is 2. The topological polar surface area (TPSA) is 48.5 Å². The van der Waals surface area contributed by atoms with E-state index in [0.717, 1.165) is 39.9 Å². The first-order valence-electron chi connectivity index (χ1n) is 8.60. The summed E-state index contributed by atoms with van der Waals surface area (Å²) in [5.74, 6) is 0. The van der Waals surface area contributed by atoms with Crippen LogP contribution in [0.5, 0.6) is 0 Å². The Morgan fingerprint density at radius 2 is 1.62 bits per heavy atom. The molecular formula is C21H17N5. The van der Waals surface area contributed by atoms with Gasteiger partial charge < -0.3 is 0 Å². The highest BCUT2D eigenvalue weighted by Gasteiger charge is 2.17. The zero-order valence-electron chi connectivity index (χ0n) is 14.4. The summed E-state index contributed by atoms with van der Waals surface area (Å²) in [6, 6.07) is 20.5. The monoisotopic (exact) mass is 339 g/mol. The van der Waals surface area contributed by atoms with E-state index in [9.17, 15) is 0 Å². The van der Waals surface area contributed by atoms with Crippen LogP contribution in [0.15, 0.2) is 73.1 Å². The average molecular weight is 339 g/mol. The van der Waals surface area contributed by atoms with Crippen molar-refractivity contribution in [1.29, 1.82) is 0 Å². The Kier molecular flexibility index (Phi) is 3.31. The number of fused-ring (bicyclic) bond motifs is 3. The van der Waals surface area contributed by atoms with E-state index in [-0.39, 0.29) is 0 Å². The van der Waals surface area contributed by atoms with Gasteiger partial charge >= 0.3 is 0 Å². The Morgan fingerprint density at radius 3 is 2.38 bits per heavy atom. The number of rotatable bonds is 3. The van der Waals surface area contributed by atoms with E-state index in [1.165, 1.54) is 5.56 Å². The lowest BCUT2D eigenvalue weighted by Gasteiger charge is -2.06. The maximum absolute atomic E-state index is 4.75. The molecule has 0 aliphatic heterocycles. The zero-order chi connectivity index (χ0) is 17.5. The number of nitrogens with zero attached hydrogens (tertiary/aromatic N) is 5. The number of hydrogen-bond donors (Lipinski definition) is 0. The lowest BCUT2D eigenvalue weighted by Crippen LogP contribution is -2.02. The molecule has 0 N–H and O–H groups in total. The normalized spacial score (nSPS) is 11.4. The number of aromatic nitrogens is 5. The van der Waals surface area contributed by atoms with Crippen LogP contribution >= 0.6 is 0 Å². The van der Waals surface area contributed by atoms with Gasteiger partial charge in [0, 0.05) is 11.6 Å². The number of hydrogen-bond acceptors (Lipinski definition) is 3. The quantitative estimate of drug-likeness (QED) is 0.497. The molecule has 0 atom stereocenters. The largest absolute Gasteiger partial charge is 0.260 e. The molecule has 0 bridgehead atoms. The summed E-state index contributed by atoms with van der Waals surface area (Å²) < 4.78 is 3.95. The van der Waals surface area contributed by atoms with Crippen LogP contribution < -0.4 is 0 Å². The molecular weight excluding hydrogens is 322 g/mol. The summed E-state index contributed by atoms with van der Waals surface area (Å²) in [4.78, 5) is 4.67. The minimum atomic E-state index is 0.722. The molecule has 0 saturated carbocycles. The van der Waals surface area contributed by atoms with Gasteiger partial charge in [-0.2, -0.15) is 10.2 Å². The molecule has 5 heteroatoms. The first-order chi connectivity index (χ1) is 12.8. The molecule has 26 heavy (non-hydrogen) atoms. The van der Waals surface area contributed by atoms with Gasteiger partial charge in [-0.15, -0.1) is 0 Å². The van der Waals surface area contributed by atoms with Crippen molar-refractivity contribution in [2.45, 2.75) is 13.5 Å². The smallest absolute Gasteiger partial charge is 0.165 e. The zero-order valence-corrected chi connectivity index (χ0v) is 14.4. The van der Waals surface area contributed by atoms with Gasteiger partial charge in [-0.25, -0.2) is 9.67 Å². The minimum Gasteiger partial charge on any atom is -0.260 e. The molecule has 126 valence electrons. The van der Waals surface area contributed by atoms with Crippen LogP contribution in [0.25, 0.3) is 27.6 Å². The van der Waals surface area contributed by atoms with Gasteiger partial charge in [-0.05, 0) is 24.6 Å². The second-order valence-electron chi connectivity index (χ2n) is 6.38. The lowest BCUT2D eigenvalue weighted by molar-refractivity contribution is 0.714. The predicted molar refractivity (Wildman–Crippen MR) is 102 cm³/mol. The summed E-state index contributed by atoms with van der Waals surface area (Å²) in [5, 5.41) is 11.4. The second kappa shape index (κ2) is 5.81. The second-order valence-corrected chi connectivity index (χ2v) is 6.38. The molecule has 5 nitrogen and oxygen atoms in total. The van der Waals surface area contributed by atoms with Gasteiger partial charge in [0.15, 0.2) is 5.65 Å². The van der Waals surface area contributed by atoms with Crippen LogP contribution in [0.1, 0.15) is 11.3 Å². The van der Waals surface area contributed by atoms with Crippen molar-refractivity contribution in [2.75, 3.05) is 0 Å². The van der Waals surface area contributed by atoms with Crippen molar-refractivity contribution in [1.82, 2.24) is 24.5 Å². The Labute approximate surface area is 150 Å². The Morgan fingerprint density at radius 1 is 0.885 bits per heavy atom. The summed E-state index contributed by atoms with van der Waals surface area (Å²) >= 11 is 0. The van der Waals surface area contributed by atoms with Gasteiger partial charge in [0.05, 0.1) is 35.0 Å². The van der Waals surface area contributed by atoms with Crippen LogP contribution in [0, 0.1) is 6.92 Å². The lowest BCUT2D eigenvalue weighted by atomic mass is 10.2. The van der Waals surface area contributed by atoms with Gasteiger partial charge in [0.25, 0.3) is 0 Å². The van der Waals surface area contributed by atoms with Crippen molar-refractivity contribution in [3.05, 3.63) is 84.3 Å². The van der Waals surface area contributed by atoms with Crippen molar-refractivity contribution in [3.8, 4) is 5.69 Å². The van der Waals surface area contributed by atoms with E-state index in [1.54, 1.807) is 0 Å². The van der Waals surface area contributed by atoms with Gasteiger partial charge in [-0.3, -0.25) is 4.68 Å². The summed E-state index contributed by atoms with van der Waals surface area (Å²) in [6.07, 6.45) is 3.76. The maximum Gasteiger partial charge on any atom is 0.165 e. The predicted octanol–water partition coefficient (Wildman–Crippen LogP) is 4.13. The van der Waals surface area contributed by atoms with Gasteiger partial charge in [-0.1, -0.05) is 48.5 Å². The fraction of sp³-hybridized carbons (Fsp3) is 0.0952. The SMILES string of the molecule is Cc1nn(-c2ccccc2)c2ncc3cnn(Cc4ccccc4)c3c12. The van der Waals surface area contributed by atoms with E-state index in [1.807, 2.05) is 65.1 Å². The first kappa shape index (κ1) is 14.8. The van der Waals surface area contributed by atoms with Crippen molar-refractivity contribution in [3.63, 3.8) is 0 Å². The van der Waals surface area contributed by atoms with E-state index < -0.39 is 0 Å². The van der Waals surface area contributed by atoms with Crippen LogP contribution in [0.4, 0.5) is 0 Å². The third-order valence-electron chi connectivity index (χ3n) is 4.64. The molecule has 0 amide bonds. The molecule has 0 aliphatic rings. The molecule has 0 radical (unpaired) electrons. The standard InChI is InChI=1S/C21H17N5/c1-15-19-20-17(13-23-25(20)14-16-8-4-2-5-9-16)12-22-21(19)26(24-15)18-10-6-3-7-11-18/h2-13H,14H2,1H3. The molecule has 0 fully saturated rings. The maximum atomic E-state index is 4.75. The molecule has 3 aromatic heterocycles. The molecule has 2 aromatic carbocycles. The summed E-state index contributed by atoms with van der Waals surface area (Å²) in [6.45, 7) is 2.75. The highest BCUT2D eigenvalue weighted by molar-refractivity contribution is 6.03. The van der Waals surface area contributed by atoms with Crippen molar-refractivity contribution >= 4 is 21.9 Å². The molecule has 5 aromatic rings. The Hall–Kier alpha value is -3.47. The van der Waals surface area contributed by atoms with Crippen LogP contribution in [0.2, 0.25) is 0 Å². The summed E-state index contributed by atoms with van der Waals surface area (Å²) in [5.41, 5.74) is 5.12. The van der Waals surface area contributed by atoms with E-state index in [0.29, 0.717) is 0 Å². The number of para-hydroxylation sites is 1. The van der Waals surface area contributed by atoms with E-state index >= 15 is 0 Å². The highest BCUT2D eigenvalue weighted by Crippen LogP contribution is 2.28. The Balaban J connectivity index is 1.75. The first-order valence-corrected chi connectivity index (χ1v) is 8.60. The average Bonchev–Trinajstić information content (AvgIpc) is 3.24. The van der Waals surface area contributed by atoms with Crippen molar-refractivity contribution < 1.29 is 0 Å². The highest BCUT2D eigenvalue weighted by atomic mass is 15.3. The third kappa shape index (κ3) is 2.29. The van der Waals surface area contributed by atoms with E-state index in [2.05, 4.69) is 34.3 Å².